The molecule has 0 aliphatic carbocycles. The molecule has 0 radical (unpaired) electrons. The van der Waals surface area contributed by atoms with Gasteiger partial charge in [-0.15, -0.1) is 11.3 Å². The fraction of sp³-hybridized carbons (Fsp3) is 0.238. The first-order valence-electron chi connectivity index (χ1n) is 8.90. The highest BCUT2D eigenvalue weighted by Crippen LogP contribution is 2.27. The standard InChI is InChI=1S/C21H21N3O3S/c1-13(2)15-7-9-16(10-8-15)24-18(25)12-27-21(26)19-14(3)23-20(28-19)17-6-4-5-11-22-17/h4-11,13H,12H2,1-3H3,(H,24,25). The van der Waals surface area contributed by atoms with Gasteiger partial charge in [-0.2, -0.15) is 0 Å². The molecule has 0 atom stereocenters. The third-order valence-electron chi connectivity index (χ3n) is 4.06. The number of ether oxygens (including phenoxy) is 1. The first kappa shape index (κ1) is 19.7. The van der Waals surface area contributed by atoms with Crippen molar-refractivity contribution in [3.63, 3.8) is 0 Å². The maximum Gasteiger partial charge on any atom is 0.350 e. The van der Waals surface area contributed by atoms with Crippen LogP contribution < -0.4 is 5.32 Å². The van der Waals surface area contributed by atoms with E-state index < -0.39 is 11.9 Å². The fourth-order valence-electron chi connectivity index (χ4n) is 2.53. The lowest BCUT2D eigenvalue weighted by atomic mass is 10.0. The van der Waals surface area contributed by atoms with Crippen molar-refractivity contribution in [2.24, 2.45) is 0 Å². The summed E-state index contributed by atoms with van der Waals surface area (Å²) in [5.41, 5.74) is 3.10. The van der Waals surface area contributed by atoms with E-state index in [9.17, 15) is 9.59 Å². The number of nitrogens with zero attached hydrogens (tertiary/aromatic N) is 2. The molecule has 2 heterocycles. The van der Waals surface area contributed by atoms with Gasteiger partial charge in [0.2, 0.25) is 0 Å². The maximum atomic E-state index is 12.3. The number of pyridine rings is 1. The number of esters is 1. The van der Waals surface area contributed by atoms with Crippen LogP contribution in [0, 0.1) is 6.92 Å². The first-order valence-corrected chi connectivity index (χ1v) is 9.71. The van der Waals surface area contributed by atoms with Crippen molar-refractivity contribution in [3.05, 3.63) is 64.8 Å². The van der Waals surface area contributed by atoms with Crippen LogP contribution in [0.4, 0.5) is 5.69 Å². The summed E-state index contributed by atoms with van der Waals surface area (Å²) in [5, 5.41) is 3.36. The molecule has 3 rings (SSSR count). The summed E-state index contributed by atoms with van der Waals surface area (Å²) in [4.78, 5) is 33.4. The smallest absolute Gasteiger partial charge is 0.350 e. The van der Waals surface area contributed by atoms with Crippen LogP contribution in [0.2, 0.25) is 0 Å². The van der Waals surface area contributed by atoms with Gasteiger partial charge in [0, 0.05) is 11.9 Å². The number of hydrogen-bond acceptors (Lipinski definition) is 6. The van der Waals surface area contributed by atoms with Crippen molar-refractivity contribution in [2.75, 3.05) is 11.9 Å². The molecular weight excluding hydrogens is 374 g/mol. The molecule has 2 aromatic heterocycles. The molecule has 0 aliphatic rings. The molecular formula is C21H21N3O3S. The zero-order valence-corrected chi connectivity index (χ0v) is 16.7. The Morgan fingerprint density at radius 2 is 1.89 bits per heavy atom. The molecule has 0 saturated carbocycles. The SMILES string of the molecule is Cc1nc(-c2ccccn2)sc1C(=O)OCC(=O)Nc1ccc(C(C)C)cc1. The highest BCUT2D eigenvalue weighted by atomic mass is 32.1. The van der Waals surface area contributed by atoms with Crippen LogP contribution in [0.5, 0.6) is 0 Å². The molecule has 1 N–H and O–H groups in total. The fourth-order valence-corrected chi connectivity index (χ4v) is 3.47. The van der Waals surface area contributed by atoms with Gasteiger partial charge < -0.3 is 10.1 Å². The van der Waals surface area contributed by atoms with Crippen molar-refractivity contribution in [1.82, 2.24) is 9.97 Å². The summed E-state index contributed by atoms with van der Waals surface area (Å²) < 4.78 is 5.15. The molecule has 6 nitrogen and oxygen atoms in total. The summed E-state index contributed by atoms with van der Waals surface area (Å²) >= 11 is 1.20. The largest absolute Gasteiger partial charge is 0.451 e. The number of amides is 1. The zero-order valence-electron chi connectivity index (χ0n) is 15.9. The van der Waals surface area contributed by atoms with Crippen LogP contribution in [-0.2, 0) is 9.53 Å². The van der Waals surface area contributed by atoms with Gasteiger partial charge in [-0.1, -0.05) is 32.0 Å². The topological polar surface area (TPSA) is 81.2 Å². The summed E-state index contributed by atoms with van der Waals surface area (Å²) in [6, 6.07) is 13.1. The molecule has 0 unspecified atom stereocenters. The van der Waals surface area contributed by atoms with Crippen LogP contribution >= 0.6 is 11.3 Å². The number of aromatic nitrogens is 2. The average molecular weight is 395 g/mol. The second kappa shape index (κ2) is 8.75. The van der Waals surface area contributed by atoms with E-state index >= 15 is 0 Å². The Morgan fingerprint density at radius 1 is 1.14 bits per heavy atom. The van der Waals surface area contributed by atoms with Crippen molar-refractivity contribution in [1.29, 1.82) is 0 Å². The van der Waals surface area contributed by atoms with Crippen LogP contribution in [0.1, 0.15) is 40.7 Å². The molecule has 3 aromatic rings. The van der Waals surface area contributed by atoms with Gasteiger partial charge in [0.05, 0.1) is 11.4 Å². The summed E-state index contributed by atoms with van der Waals surface area (Å²) in [5.74, 6) is -0.537. The Kier molecular flexibility index (Phi) is 6.16. The second-order valence-electron chi connectivity index (χ2n) is 6.55. The molecule has 0 aliphatic heterocycles. The number of rotatable bonds is 6. The predicted molar refractivity (Wildman–Crippen MR) is 110 cm³/mol. The highest BCUT2D eigenvalue weighted by Gasteiger charge is 2.19. The Labute approximate surface area is 167 Å². The molecule has 1 aromatic carbocycles. The van der Waals surface area contributed by atoms with Gasteiger partial charge in [0.1, 0.15) is 9.88 Å². The Bertz CT molecular complexity index is 966. The Hall–Kier alpha value is -3.06. The lowest BCUT2D eigenvalue weighted by Crippen LogP contribution is -2.20. The van der Waals surface area contributed by atoms with Crippen LogP contribution in [0.25, 0.3) is 10.7 Å². The molecule has 0 bridgehead atoms. The minimum atomic E-state index is -0.567. The second-order valence-corrected chi connectivity index (χ2v) is 7.55. The van der Waals surface area contributed by atoms with Gasteiger partial charge >= 0.3 is 5.97 Å². The minimum Gasteiger partial charge on any atom is -0.451 e. The zero-order chi connectivity index (χ0) is 20.1. The van der Waals surface area contributed by atoms with Crippen LogP contribution in [-0.4, -0.2) is 28.5 Å². The number of thiazole rings is 1. The molecule has 0 spiro atoms. The highest BCUT2D eigenvalue weighted by molar-refractivity contribution is 7.17. The van der Waals surface area contributed by atoms with Gasteiger partial charge in [0.25, 0.3) is 5.91 Å². The molecule has 0 saturated heterocycles. The molecule has 7 heteroatoms. The first-order chi connectivity index (χ1) is 13.4. The Balaban J connectivity index is 1.58. The third-order valence-corrected chi connectivity index (χ3v) is 5.22. The summed E-state index contributed by atoms with van der Waals surface area (Å²) in [7, 11) is 0. The van der Waals surface area contributed by atoms with Gasteiger partial charge in [-0.3, -0.25) is 9.78 Å². The number of carbonyl (C=O) groups excluding carboxylic acids is 2. The number of hydrogen-bond donors (Lipinski definition) is 1. The number of aryl methyl sites for hydroxylation is 1. The molecule has 1 amide bonds. The van der Waals surface area contributed by atoms with Crippen molar-refractivity contribution in [3.8, 4) is 10.7 Å². The van der Waals surface area contributed by atoms with E-state index in [0.717, 1.165) is 0 Å². The quantitative estimate of drug-likeness (QED) is 0.624. The van der Waals surface area contributed by atoms with E-state index in [1.807, 2.05) is 42.5 Å². The normalized spacial score (nSPS) is 10.7. The summed E-state index contributed by atoms with van der Waals surface area (Å²) in [6.45, 7) is 5.58. The molecule has 144 valence electrons. The van der Waals surface area contributed by atoms with E-state index in [1.165, 1.54) is 16.9 Å². The van der Waals surface area contributed by atoms with Crippen molar-refractivity contribution >= 4 is 28.9 Å². The van der Waals surface area contributed by atoms with Crippen LogP contribution in [0.3, 0.4) is 0 Å². The number of nitrogens with one attached hydrogen (secondary N) is 1. The number of carbonyl (C=O) groups is 2. The lowest BCUT2D eigenvalue weighted by Gasteiger charge is -2.08. The van der Waals surface area contributed by atoms with Crippen molar-refractivity contribution < 1.29 is 14.3 Å². The van der Waals surface area contributed by atoms with Gasteiger partial charge in [-0.25, -0.2) is 9.78 Å². The number of anilines is 1. The van der Waals surface area contributed by atoms with E-state index in [0.29, 0.717) is 32.9 Å². The molecule has 0 fully saturated rings. The summed E-state index contributed by atoms with van der Waals surface area (Å²) in [6.07, 6.45) is 1.67. The van der Waals surface area contributed by atoms with Gasteiger partial charge in [0.15, 0.2) is 6.61 Å². The Morgan fingerprint density at radius 3 is 2.54 bits per heavy atom. The minimum absolute atomic E-state index is 0.360. The number of benzene rings is 1. The average Bonchev–Trinajstić information content (AvgIpc) is 3.09. The third kappa shape index (κ3) is 4.80. The predicted octanol–water partition coefficient (Wildman–Crippen LogP) is 4.43. The monoisotopic (exact) mass is 395 g/mol. The maximum absolute atomic E-state index is 12.3. The van der Waals surface area contributed by atoms with Crippen LogP contribution in [0.15, 0.2) is 48.7 Å². The van der Waals surface area contributed by atoms with E-state index in [2.05, 4.69) is 29.1 Å². The molecule has 28 heavy (non-hydrogen) atoms. The van der Waals surface area contributed by atoms with Crippen molar-refractivity contribution in [2.45, 2.75) is 26.7 Å². The lowest BCUT2D eigenvalue weighted by molar-refractivity contribution is -0.119. The van der Waals surface area contributed by atoms with E-state index in [-0.39, 0.29) is 6.61 Å². The van der Waals surface area contributed by atoms with E-state index in [4.69, 9.17) is 4.74 Å². The van der Waals surface area contributed by atoms with E-state index in [1.54, 1.807) is 13.1 Å². The van der Waals surface area contributed by atoms with Gasteiger partial charge in [-0.05, 0) is 42.7 Å².